The number of nitrogens with zero attached hydrogens (tertiary/aromatic N) is 2. The van der Waals surface area contributed by atoms with Crippen molar-refractivity contribution in [2.75, 3.05) is 6.54 Å². The molecule has 2 atom stereocenters. The van der Waals surface area contributed by atoms with E-state index in [2.05, 4.69) is 29.5 Å². The Morgan fingerprint density at radius 1 is 1.09 bits per heavy atom. The van der Waals surface area contributed by atoms with Crippen molar-refractivity contribution in [3.8, 4) is 0 Å². The number of rotatable bonds is 5. The lowest BCUT2D eigenvalue weighted by Crippen LogP contribution is -2.33. The number of carbonyl (C=O) groups is 1. The third-order valence-corrected chi connectivity index (χ3v) is 4.20. The number of carbonyl (C=O) groups excluding carboxylic acids is 1. The molecule has 1 aromatic heterocycles. The van der Waals surface area contributed by atoms with Crippen LogP contribution in [-0.4, -0.2) is 22.2 Å². The molecule has 0 bridgehead atoms. The highest BCUT2D eigenvalue weighted by Gasteiger charge is 2.18. The summed E-state index contributed by atoms with van der Waals surface area (Å²) < 4.78 is 1.78. The van der Waals surface area contributed by atoms with Gasteiger partial charge in [0.25, 0.3) is 0 Å². The maximum absolute atomic E-state index is 12.4. The van der Waals surface area contributed by atoms with Gasteiger partial charge in [-0.15, -0.1) is 0 Å². The number of benzene rings is 2. The molecule has 3 rings (SSSR count). The SMILES string of the molecule is CC(CNC(=O)C(C)n1ncc2ccccc21)c1ccccc1. The maximum Gasteiger partial charge on any atom is 0.244 e. The lowest BCUT2D eigenvalue weighted by Gasteiger charge is -2.17. The van der Waals surface area contributed by atoms with Crippen LogP contribution in [0.5, 0.6) is 0 Å². The van der Waals surface area contributed by atoms with E-state index in [1.165, 1.54) is 5.56 Å². The van der Waals surface area contributed by atoms with Gasteiger partial charge in [0.05, 0.1) is 11.7 Å². The number of nitrogens with one attached hydrogen (secondary N) is 1. The largest absolute Gasteiger partial charge is 0.354 e. The third kappa shape index (κ3) is 3.26. The minimum absolute atomic E-state index is 0.0124. The highest BCUT2D eigenvalue weighted by molar-refractivity contribution is 5.84. The summed E-state index contributed by atoms with van der Waals surface area (Å²) in [5.74, 6) is 0.267. The number of hydrogen-bond donors (Lipinski definition) is 1. The first-order chi connectivity index (χ1) is 11.2. The van der Waals surface area contributed by atoms with E-state index in [0.717, 1.165) is 10.9 Å². The molecule has 1 heterocycles. The van der Waals surface area contributed by atoms with Gasteiger partial charge in [-0.3, -0.25) is 9.48 Å². The van der Waals surface area contributed by atoms with Crippen molar-refractivity contribution in [2.45, 2.75) is 25.8 Å². The van der Waals surface area contributed by atoms with E-state index in [4.69, 9.17) is 0 Å². The van der Waals surface area contributed by atoms with Crippen LogP contribution in [0.3, 0.4) is 0 Å². The van der Waals surface area contributed by atoms with Crippen LogP contribution >= 0.6 is 0 Å². The number of para-hydroxylation sites is 1. The van der Waals surface area contributed by atoms with Crippen LogP contribution in [0.1, 0.15) is 31.4 Å². The van der Waals surface area contributed by atoms with Gasteiger partial charge in [0.1, 0.15) is 6.04 Å². The number of amides is 1. The van der Waals surface area contributed by atoms with E-state index >= 15 is 0 Å². The Balaban J connectivity index is 1.66. The van der Waals surface area contributed by atoms with Gasteiger partial charge in [-0.25, -0.2) is 0 Å². The summed E-state index contributed by atoms with van der Waals surface area (Å²) in [6.45, 7) is 4.61. The minimum atomic E-state index is -0.335. The van der Waals surface area contributed by atoms with Crippen LogP contribution in [0, 0.1) is 0 Å². The maximum atomic E-state index is 12.4. The second kappa shape index (κ2) is 6.65. The van der Waals surface area contributed by atoms with Crippen LogP contribution in [-0.2, 0) is 4.79 Å². The Morgan fingerprint density at radius 3 is 2.57 bits per heavy atom. The Kier molecular flexibility index (Phi) is 4.42. The molecule has 0 saturated heterocycles. The van der Waals surface area contributed by atoms with E-state index in [-0.39, 0.29) is 17.9 Å². The molecule has 4 nitrogen and oxygen atoms in total. The number of hydrogen-bond acceptors (Lipinski definition) is 2. The van der Waals surface area contributed by atoms with E-state index in [9.17, 15) is 4.79 Å². The molecular weight excluding hydrogens is 286 g/mol. The second-order valence-electron chi connectivity index (χ2n) is 5.88. The smallest absolute Gasteiger partial charge is 0.244 e. The predicted molar refractivity (Wildman–Crippen MR) is 92.3 cm³/mol. The Labute approximate surface area is 136 Å². The first-order valence-electron chi connectivity index (χ1n) is 7.91. The van der Waals surface area contributed by atoms with Crippen LogP contribution in [0.2, 0.25) is 0 Å². The molecule has 4 heteroatoms. The fourth-order valence-electron chi connectivity index (χ4n) is 2.71. The summed E-state index contributed by atoms with van der Waals surface area (Å²) >= 11 is 0. The molecule has 0 fully saturated rings. The quantitative estimate of drug-likeness (QED) is 0.784. The molecule has 0 spiro atoms. The highest BCUT2D eigenvalue weighted by atomic mass is 16.2. The summed E-state index contributed by atoms with van der Waals surface area (Å²) in [5.41, 5.74) is 2.20. The van der Waals surface area contributed by atoms with Gasteiger partial charge in [-0.2, -0.15) is 5.10 Å². The lowest BCUT2D eigenvalue weighted by atomic mass is 10.0. The highest BCUT2D eigenvalue weighted by Crippen LogP contribution is 2.18. The molecule has 118 valence electrons. The molecule has 1 amide bonds. The van der Waals surface area contributed by atoms with Crippen molar-refractivity contribution in [2.24, 2.45) is 0 Å². The Bertz CT molecular complexity index is 794. The second-order valence-corrected chi connectivity index (χ2v) is 5.88. The molecule has 0 aliphatic heterocycles. The van der Waals surface area contributed by atoms with Gasteiger partial charge in [0.15, 0.2) is 0 Å². The van der Waals surface area contributed by atoms with Crippen LogP contribution in [0.4, 0.5) is 0 Å². The monoisotopic (exact) mass is 307 g/mol. The van der Waals surface area contributed by atoms with Crippen molar-refractivity contribution in [3.63, 3.8) is 0 Å². The Morgan fingerprint density at radius 2 is 1.78 bits per heavy atom. The molecule has 2 aromatic carbocycles. The zero-order chi connectivity index (χ0) is 16.2. The molecule has 0 aliphatic carbocycles. The zero-order valence-corrected chi connectivity index (χ0v) is 13.4. The molecule has 3 aromatic rings. The first kappa shape index (κ1) is 15.3. The zero-order valence-electron chi connectivity index (χ0n) is 13.4. The summed E-state index contributed by atoms with van der Waals surface area (Å²) in [6, 6.07) is 17.8. The van der Waals surface area contributed by atoms with Gasteiger partial charge in [0.2, 0.25) is 5.91 Å². The van der Waals surface area contributed by atoms with Crippen molar-refractivity contribution in [1.82, 2.24) is 15.1 Å². The lowest BCUT2D eigenvalue weighted by molar-refractivity contribution is -0.124. The molecule has 0 aliphatic rings. The van der Waals surface area contributed by atoms with Gasteiger partial charge in [-0.05, 0) is 24.5 Å². The Hall–Kier alpha value is -2.62. The first-order valence-corrected chi connectivity index (χ1v) is 7.91. The van der Waals surface area contributed by atoms with Crippen molar-refractivity contribution in [3.05, 3.63) is 66.4 Å². The molecule has 1 N–H and O–H groups in total. The molecular formula is C19H21N3O. The van der Waals surface area contributed by atoms with E-state index in [0.29, 0.717) is 6.54 Å². The predicted octanol–water partition coefficient (Wildman–Crippen LogP) is 3.52. The number of aromatic nitrogens is 2. The summed E-state index contributed by atoms with van der Waals surface area (Å²) in [6.07, 6.45) is 1.80. The average molecular weight is 307 g/mol. The fraction of sp³-hybridized carbons (Fsp3) is 0.263. The topological polar surface area (TPSA) is 46.9 Å². The summed E-state index contributed by atoms with van der Waals surface area (Å²) in [7, 11) is 0. The van der Waals surface area contributed by atoms with Gasteiger partial charge in [-0.1, -0.05) is 55.5 Å². The van der Waals surface area contributed by atoms with Crippen LogP contribution in [0.25, 0.3) is 10.9 Å². The fourth-order valence-corrected chi connectivity index (χ4v) is 2.71. The standard InChI is InChI=1S/C19H21N3O/c1-14(16-8-4-3-5-9-16)12-20-19(23)15(2)22-18-11-7-6-10-17(18)13-21-22/h3-11,13-15H,12H2,1-2H3,(H,20,23). The summed E-state index contributed by atoms with van der Waals surface area (Å²) in [4.78, 5) is 12.4. The third-order valence-electron chi connectivity index (χ3n) is 4.20. The van der Waals surface area contributed by atoms with Crippen molar-refractivity contribution >= 4 is 16.8 Å². The van der Waals surface area contributed by atoms with Gasteiger partial charge < -0.3 is 5.32 Å². The van der Waals surface area contributed by atoms with Crippen LogP contribution in [0.15, 0.2) is 60.8 Å². The normalized spacial score (nSPS) is 13.7. The van der Waals surface area contributed by atoms with Crippen LogP contribution < -0.4 is 5.32 Å². The minimum Gasteiger partial charge on any atom is -0.354 e. The van der Waals surface area contributed by atoms with Gasteiger partial charge in [0, 0.05) is 11.9 Å². The number of fused-ring (bicyclic) bond motifs is 1. The average Bonchev–Trinajstić information content (AvgIpc) is 3.03. The molecule has 23 heavy (non-hydrogen) atoms. The van der Waals surface area contributed by atoms with Crippen molar-refractivity contribution < 1.29 is 4.79 Å². The van der Waals surface area contributed by atoms with E-state index in [1.807, 2.05) is 49.4 Å². The summed E-state index contributed by atoms with van der Waals surface area (Å²) in [5, 5.41) is 8.44. The van der Waals surface area contributed by atoms with E-state index in [1.54, 1.807) is 10.9 Å². The van der Waals surface area contributed by atoms with E-state index < -0.39 is 0 Å². The molecule has 0 radical (unpaired) electrons. The molecule has 0 saturated carbocycles. The van der Waals surface area contributed by atoms with Gasteiger partial charge >= 0.3 is 0 Å². The van der Waals surface area contributed by atoms with Crippen molar-refractivity contribution in [1.29, 1.82) is 0 Å². The molecule has 2 unspecified atom stereocenters.